The smallest absolute Gasteiger partial charge is 0.256 e. The summed E-state index contributed by atoms with van der Waals surface area (Å²) in [7, 11) is 1.41. The van der Waals surface area contributed by atoms with Crippen molar-refractivity contribution in [2.75, 3.05) is 13.6 Å². The van der Waals surface area contributed by atoms with Crippen LogP contribution in [0.1, 0.15) is 27.7 Å². The van der Waals surface area contributed by atoms with E-state index in [0.717, 1.165) is 24.3 Å². The van der Waals surface area contributed by atoms with Gasteiger partial charge in [-0.3, -0.25) is 9.59 Å². The molecule has 1 amide bonds. The highest BCUT2D eigenvalue weighted by atomic mass is 35.5. The Labute approximate surface area is 172 Å². The summed E-state index contributed by atoms with van der Waals surface area (Å²) in [5, 5.41) is 2.40. The molecule has 3 aromatic rings. The highest BCUT2D eigenvalue weighted by Crippen LogP contribution is 2.33. The minimum Gasteiger partial charge on any atom is -0.333 e. The number of hydrogen-bond donors (Lipinski definition) is 2. The number of pyridine rings is 1. The number of rotatable bonds is 2. The molecule has 0 fully saturated rings. The van der Waals surface area contributed by atoms with Crippen LogP contribution in [0.2, 0.25) is 5.02 Å². The second kappa shape index (κ2) is 7.41. The molecule has 0 saturated carbocycles. The third-order valence-electron chi connectivity index (χ3n) is 5.18. The van der Waals surface area contributed by atoms with E-state index in [9.17, 15) is 27.2 Å². The Morgan fingerprint density at radius 2 is 1.63 bits per heavy atom. The largest absolute Gasteiger partial charge is 0.333 e. The average Bonchev–Trinajstić information content (AvgIpc) is 2.71. The number of carbonyl (C=O) groups excluding carboxylic acids is 1. The first-order chi connectivity index (χ1) is 14.2. The zero-order valence-electron chi connectivity index (χ0n) is 15.5. The maximum Gasteiger partial charge on any atom is 0.256 e. The van der Waals surface area contributed by atoms with E-state index in [1.54, 1.807) is 0 Å². The second-order valence-electron chi connectivity index (χ2n) is 6.97. The van der Waals surface area contributed by atoms with Crippen molar-refractivity contribution in [1.29, 1.82) is 0 Å². The minimum atomic E-state index is -1.17. The van der Waals surface area contributed by atoms with E-state index in [-0.39, 0.29) is 29.4 Å². The van der Waals surface area contributed by atoms with Crippen molar-refractivity contribution >= 4 is 28.3 Å². The molecule has 156 valence electrons. The molecular weight excluding hydrogens is 426 g/mol. The van der Waals surface area contributed by atoms with Crippen molar-refractivity contribution in [2.24, 2.45) is 0 Å². The third kappa shape index (κ3) is 3.23. The summed E-state index contributed by atoms with van der Waals surface area (Å²) >= 11 is 5.47. The monoisotopic (exact) mass is 439 g/mol. The number of halogens is 5. The van der Waals surface area contributed by atoms with Gasteiger partial charge in [-0.1, -0.05) is 11.6 Å². The van der Waals surface area contributed by atoms with E-state index >= 15 is 0 Å². The summed E-state index contributed by atoms with van der Waals surface area (Å²) in [5.41, 5.74) is -0.0354. The van der Waals surface area contributed by atoms with Crippen LogP contribution in [0.25, 0.3) is 10.8 Å². The van der Waals surface area contributed by atoms with Crippen LogP contribution in [0, 0.1) is 23.3 Å². The number of carbonyl (C=O) groups is 1. The van der Waals surface area contributed by atoms with E-state index in [2.05, 4.69) is 10.3 Å². The summed E-state index contributed by atoms with van der Waals surface area (Å²) < 4.78 is 55.3. The molecule has 10 heteroatoms. The standard InChI is InChI=1S/C20H14ClF4N3O2/c1-28(20(30)8-2-13(24)18(21)14(25)3-8)16-7-26-6-15-17(16)9-4-11(22)12(23)5-10(9)19(29)27-15/h2-5,16,26H,6-7H2,1H3,(H,27,29)/t16-/m0/s1. The van der Waals surface area contributed by atoms with E-state index in [0.29, 0.717) is 11.3 Å². The predicted octanol–water partition coefficient (Wildman–Crippen LogP) is 3.65. The van der Waals surface area contributed by atoms with Crippen LogP contribution in [-0.4, -0.2) is 29.4 Å². The molecule has 1 atom stereocenters. The Balaban J connectivity index is 1.84. The minimum absolute atomic E-state index is 0.0658. The van der Waals surface area contributed by atoms with Gasteiger partial charge < -0.3 is 15.2 Å². The van der Waals surface area contributed by atoms with Crippen LogP contribution in [0.5, 0.6) is 0 Å². The van der Waals surface area contributed by atoms with Crippen LogP contribution in [-0.2, 0) is 6.54 Å². The zero-order chi connectivity index (χ0) is 21.7. The molecule has 0 radical (unpaired) electrons. The molecule has 2 heterocycles. The number of H-pyrrole nitrogens is 1. The summed E-state index contributed by atoms with van der Waals surface area (Å²) in [5.74, 6) is -5.18. The highest BCUT2D eigenvalue weighted by molar-refractivity contribution is 6.31. The molecule has 0 unspecified atom stereocenters. The Morgan fingerprint density at radius 1 is 1.03 bits per heavy atom. The second-order valence-corrected chi connectivity index (χ2v) is 7.35. The van der Waals surface area contributed by atoms with Gasteiger partial charge in [0, 0.05) is 37.0 Å². The van der Waals surface area contributed by atoms with Crippen LogP contribution < -0.4 is 10.9 Å². The molecular formula is C20H14ClF4N3O2. The van der Waals surface area contributed by atoms with Gasteiger partial charge in [-0.2, -0.15) is 0 Å². The quantitative estimate of drug-likeness (QED) is 0.473. The fraction of sp³-hybridized carbons (Fsp3) is 0.200. The van der Waals surface area contributed by atoms with Gasteiger partial charge in [0.15, 0.2) is 11.6 Å². The number of amides is 1. The molecule has 0 aliphatic carbocycles. The van der Waals surface area contributed by atoms with E-state index < -0.39 is 45.8 Å². The number of nitrogens with one attached hydrogen (secondary N) is 2. The van der Waals surface area contributed by atoms with E-state index in [1.165, 1.54) is 11.9 Å². The van der Waals surface area contributed by atoms with Crippen LogP contribution in [0.3, 0.4) is 0 Å². The van der Waals surface area contributed by atoms with Crippen LogP contribution in [0.15, 0.2) is 29.1 Å². The Morgan fingerprint density at radius 3 is 2.27 bits per heavy atom. The molecule has 1 aliphatic heterocycles. The number of hydrogen-bond acceptors (Lipinski definition) is 3. The van der Waals surface area contributed by atoms with Gasteiger partial charge in [0.2, 0.25) is 0 Å². The first-order valence-corrected chi connectivity index (χ1v) is 9.23. The van der Waals surface area contributed by atoms with Gasteiger partial charge >= 0.3 is 0 Å². The maximum atomic E-state index is 13.9. The number of fused-ring (bicyclic) bond motifs is 3. The molecule has 0 bridgehead atoms. The van der Waals surface area contributed by atoms with Gasteiger partial charge in [-0.25, -0.2) is 17.6 Å². The van der Waals surface area contributed by atoms with Gasteiger partial charge in [-0.15, -0.1) is 0 Å². The molecule has 0 spiro atoms. The normalized spacial score (nSPS) is 15.9. The van der Waals surface area contributed by atoms with Crippen molar-refractivity contribution < 1.29 is 22.4 Å². The summed E-state index contributed by atoms with van der Waals surface area (Å²) in [6, 6.07) is 2.63. The molecule has 4 rings (SSSR count). The summed E-state index contributed by atoms with van der Waals surface area (Å²) in [6.45, 7) is 0.455. The van der Waals surface area contributed by atoms with Crippen molar-refractivity contribution in [1.82, 2.24) is 15.2 Å². The highest BCUT2D eigenvalue weighted by Gasteiger charge is 2.31. The van der Waals surface area contributed by atoms with Gasteiger partial charge in [-0.05, 0) is 29.7 Å². The fourth-order valence-electron chi connectivity index (χ4n) is 3.70. The van der Waals surface area contributed by atoms with Crippen molar-refractivity contribution in [3.05, 3.63) is 79.7 Å². The lowest BCUT2D eigenvalue weighted by molar-refractivity contribution is 0.0722. The van der Waals surface area contributed by atoms with E-state index in [1.807, 2.05) is 0 Å². The van der Waals surface area contributed by atoms with Gasteiger partial charge in [0.05, 0.1) is 11.4 Å². The number of likely N-dealkylation sites (N-methyl/N-ethyl adjacent to an activating group) is 1. The molecule has 1 aliphatic rings. The predicted molar refractivity (Wildman–Crippen MR) is 102 cm³/mol. The molecule has 0 saturated heterocycles. The number of aromatic amines is 1. The number of nitrogens with zero attached hydrogens (tertiary/aromatic N) is 1. The Hall–Kier alpha value is -2.91. The third-order valence-corrected chi connectivity index (χ3v) is 5.54. The topological polar surface area (TPSA) is 65.2 Å². The van der Waals surface area contributed by atoms with Crippen LogP contribution in [0.4, 0.5) is 17.6 Å². The van der Waals surface area contributed by atoms with Gasteiger partial charge in [0.1, 0.15) is 16.7 Å². The van der Waals surface area contributed by atoms with Crippen LogP contribution >= 0.6 is 11.6 Å². The van der Waals surface area contributed by atoms with Crippen molar-refractivity contribution in [3.63, 3.8) is 0 Å². The molecule has 5 nitrogen and oxygen atoms in total. The first-order valence-electron chi connectivity index (χ1n) is 8.85. The molecule has 30 heavy (non-hydrogen) atoms. The number of benzene rings is 2. The zero-order valence-corrected chi connectivity index (χ0v) is 16.2. The van der Waals surface area contributed by atoms with Crippen molar-refractivity contribution in [2.45, 2.75) is 12.6 Å². The van der Waals surface area contributed by atoms with Gasteiger partial charge in [0.25, 0.3) is 11.5 Å². The lowest BCUT2D eigenvalue weighted by atomic mass is 9.93. The SMILES string of the molecule is CN(C(=O)c1cc(F)c(Cl)c(F)c1)[C@H]1CNCc2[nH]c(=O)c3cc(F)c(F)cc3c21. The van der Waals surface area contributed by atoms with E-state index in [4.69, 9.17) is 11.6 Å². The Kier molecular flexibility index (Phi) is 5.03. The number of aromatic nitrogens is 1. The first kappa shape index (κ1) is 20.4. The molecule has 2 aromatic carbocycles. The maximum absolute atomic E-state index is 13.9. The Bertz CT molecular complexity index is 1240. The summed E-state index contributed by atoms with van der Waals surface area (Å²) in [6.07, 6.45) is 0. The lowest BCUT2D eigenvalue weighted by Gasteiger charge is -2.34. The lowest BCUT2D eigenvalue weighted by Crippen LogP contribution is -2.42. The molecule has 2 N–H and O–H groups in total. The summed E-state index contributed by atoms with van der Waals surface area (Å²) in [4.78, 5) is 29.1. The average molecular weight is 440 g/mol. The molecule has 1 aromatic heterocycles. The fourth-order valence-corrected chi connectivity index (χ4v) is 3.81. The van der Waals surface area contributed by atoms with Crippen molar-refractivity contribution in [3.8, 4) is 0 Å².